The van der Waals surface area contributed by atoms with Gasteiger partial charge >= 0.3 is 6.09 Å². The Labute approximate surface area is 115 Å². The van der Waals surface area contributed by atoms with Crippen LogP contribution in [-0.4, -0.2) is 18.2 Å². The highest BCUT2D eigenvalue weighted by atomic mass is 79.9. The average molecular weight is 318 g/mol. The van der Waals surface area contributed by atoms with E-state index in [9.17, 15) is 9.18 Å². The Balaban J connectivity index is 2.95. The van der Waals surface area contributed by atoms with Gasteiger partial charge in [0.25, 0.3) is 0 Å². The third kappa shape index (κ3) is 3.98. The van der Waals surface area contributed by atoms with E-state index < -0.39 is 17.5 Å². The summed E-state index contributed by atoms with van der Waals surface area (Å²) in [5.41, 5.74) is -0.0919. The Kier molecular flexibility index (Phi) is 4.73. The summed E-state index contributed by atoms with van der Waals surface area (Å²) < 4.78 is 19.1. The monoisotopic (exact) mass is 317 g/mol. The van der Waals surface area contributed by atoms with E-state index in [0.29, 0.717) is 16.7 Å². The van der Waals surface area contributed by atoms with Gasteiger partial charge in [0.05, 0.1) is 4.47 Å². The molecule has 0 fully saturated rings. The van der Waals surface area contributed by atoms with E-state index >= 15 is 0 Å². The molecule has 5 heteroatoms. The lowest BCUT2D eigenvalue weighted by Gasteiger charge is -2.26. The van der Waals surface area contributed by atoms with Crippen molar-refractivity contribution in [2.24, 2.45) is 0 Å². The molecule has 100 valence electrons. The number of nitrogens with zero attached hydrogens (tertiary/aromatic N) is 1. The molecule has 0 unspecified atom stereocenters. The zero-order chi connectivity index (χ0) is 13.9. The molecule has 0 heterocycles. The van der Waals surface area contributed by atoms with Crippen LogP contribution in [0.15, 0.2) is 22.7 Å². The Morgan fingerprint density at radius 2 is 2.06 bits per heavy atom. The summed E-state index contributed by atoms with van der Waals surface area (Å²) in [5.74, 6) is -0.408. The molecule has 0 aliphatic heterocycles. The molecule has 0 spiro atoms. The number of carbonyl (C=O) groups is 1. The SMILES string of the molecule is CCN(C(=O)OC(C)(C)C)c1ccc(Br)c(F)c1. The van der Waals surface area contributed by atoms with Crippen LogP contribution >= 0.6 is 15.9 Å². The van der Waals surface area contributed by atoms with Crippen molar-refractivity contribution in [3.63, 3.8) is 0 Å². The van der Waals surface area contributed by atoms with Crippen molar-refractivity contribution >= 4 is 27.7 Å². The van der Waals surface area contributed by atoms with E-state index in [-0.39, 0.29) is 0 Å². The highest BCUT2D eigenvalue weighted by Gasteiger charge is 2.22. The first-order valence-electron chi connectivity index (χ1n) is 5.70. The first-order chi connectivity index (χ1) is 8.24. The summed E-state index contributed by atoms with van der Waals surface area (Å²) in [6.07, 6.45) is -0.480. The van der Waals surface area contributed by atoms with E-state index in [1.807, 2.05) is 6.92 Å². The largest absolute Gasteiger partial charge is 0.443 e. The molecule has 1 aromatic rings. The van der Waals surface area contributed by atoms with Gasteiger partial charge in [0.15, 0.2) is 0 Å². The molecule has 0 aromatic heterocycles. The Bertz CT molecular complexity index is 443. The van der Waals surface area contributed by atoms with Crippen LogP contribution in [0.1, 0.15) is 27.7 Å². The molecule has 0 aliphatic carbocycles. The average Bonchev–Trinajstić information content (AvgIpc) is 2.21. The summed E-state index contributed by atoms with van der Waals surface area (Å²) in [6, 6.07) is 4.54. The van der Waals surface area contributed by atoms with Crippen molar-refractivity contribution in [3.8, 4) is 0 Å². The molecule has 0 bridgehead atoms. The number of halogens is 2. The van der Waals surface area contributed by atoms with Crippen molar-refractivity contribution in [2.45, 2.75) is 33.3 Å². The van der Waals surface area contributed by atoms with Gasteiger partial charge in [-0.15, -0.1) is 0 Å². The topological polar surface area (TPSA) is 29.5 Å². The Hall–Kier alpha value is -1.10. The van der Waals surface area contributed by atoms with Gasteiger partial charge in [0, 0.05) is 12.2 Å². The summed E-state index contributed by atoms with van der Waals surface area (Å²) in [6.45, 7) is 7.60. The normalized spacial score (nSPS) is 11.2. The number of anilines is 1. The van der Waals surface area contributed by atoms with Crippen LogP contribution in [0.25, 0.3) is 0 Å². The number of hydrogen-bond donors (Lipinski definition) is 0. The van der Waals surface area contributed by atoms with Crippen LogP contribution in [0.2, 0.25) is 0 Å². The summed E-state index contributed by atoms with van der Waals surface area (Å²) >= 11 is 3.08. The van der Waals surface area contributed by atoms with Gasteiger partial charge in [0.1, 0.15) is 11.4 Å². The van der Waals surface area contributed by atoms with E-state index in [1.54, 1.807) is 32.9 Å². The molecule has 0 saturated carbocycles. The quantitative estimate of drug-likeness (QED) is 0.811. The van der Waals surface area contributed by atoms with E-state index in [4.69, 9.17) is 4.74 Å². The molecule has 0 radical (unpaired) electrons. The van der Waals surface area contributed by atoms with Gasteiger partial charge in [-0.25, -0.2) is 9.18 Å². The molecular formula is C13H17BrFNO2. The lowest BCUT2D eigenvalue weighted by Crippen LogP contribution is -2.36. The second-order valence-corrected chi connectivity index (χ2v) is 5.68. The first kappa shape index (κ1) is 15.0. The highest BCUT2D eigenvalue weighted by molar-refractivity contribution is 9.10. The summed E-state index contributed by atoms with van der Waals surface area (Å²) in [5, 5.41) is 0. The van der Waals surface area contributed by atoms with E-state index in [2.05, 4.69) is 15.9 Å². The van der Waals surface area contributed by atoms with Crippen LogP contribution in [0, 0.1) is 5.82 Å². The molecule has 0 N–H and O–H groups in total. The van der Waals surface area contributed by atoms with Gasteiger partial charge < -0.3 is 4.74 Å². The molecule has 1 amide bonds. The smallest absolute Gasteiger partial charge is 0.414 e. The van der Waals surface area contributed by atoms with E-state index in [0.717, 1.165) is 0 Å². The maximum absolute atomic E-state index is 13.5. The molecule has 0 saturated heterocycles. The van der Waals surface area contributed by atoms with Crippen LogP contribution in [0.3, 0.4) is 0 Å². The van der Waals surface area contributed by atoms with Gasteiger partial charge in [0.2, 0.25) is 0 Å². The fourth-order valence-electron chi connectivity index (χ4n) is 1.39. The third-order valence-corrected chi connectivity index (χ3v) is 2.79. The van der Waals surface area contributed by atoms with Crippen molar-refractivity contribution in [1.29, 1.82) is 0 Å². The second-order valence-electron chi connectivity index (χ2n) is 4.82. The molecule has 0 aliphatic rings. The van der Waals surface area contributed by atoms with Gasteiger partial charge in [-0.2, -0.15) is 0 Å². The Morgan fingerprint density at radius 1 is 1.44 bits per heavy atom. The molecule has 0 atom stereocenters. The number of rotatable bonds is 2. The predicted octanol–water partition coefficient (Wildman–Crippen LogP) is 4.35. The molecule has 1 aromatic carbocycles. The summed E-state index contributed by atoms with van der Waals surface area (Å²) in [4.78, 5) is 13.3. The zero-order valence-electron chi connectivity index (χ0n) is 11.0. The van der Waals surface area contributed by atoms with Crippen molar-refractivity contribution in [1.82, 2.24) is 0 Å². The number of amides is 1. The number of hydrogen-bond acceptors (Lipinski definition) is 2. The van der Waals surface area contributed by atoms with Gasteiger partial charge in [-0.05, 0) is 61.8 Å². The van der Waals surface area contributed by atoms with Gasteiger partial charge in [-0.3, -0.25) is 4.90 Å². The minimum Gasteiger partial charge on any atom is -0.443 e. The Morgan fingerprint density at radius 3 is 2.50 bits per heavy atom. The fraction of sp³-hybridized carbons (Fsp3) is 0.462. The fourth-order valence-corrected chi connectivity index (χ4v) is 1.63. The number of ether oxygens (including phenoxy) is 1. The van der Waals surface area contributed by atoms with Crippen LogP contribution in [0.4, 0.5) is 14.9 Å². The van der Waals surface area contributed by atoms with Crippen molar-refractivity contribution in [3.05, 3.63) is 28.5 Å². The summed E-state index contributed by atoms with van der Waals surface area (Å²) in [7, 11) is 0. The molecular weight excluding hydrogens is 301 g/mol. The van der Waals surface area contributed by atoms with Crippen LogP contribution in [-0.2, 0) is 4.74 Å². The lowest BCUT2D eigenvalue weighted by atomic mass is 10.2. The zero-order valence-corrected chi connectivity index (χ0v) is 12.5. The van der Waals surface area contributed by atoms with Crippen molar-refractivity contribution in [2.75, 3.05) is 11.4 Å². The second kappa shape index (κ2) is 5.69. The molecule has 1 rings (SSSR count). The number of benzene rings is 1. The standard InChI is InChI=1S/C13H17BrFNO2/c1-5-16(12(17)18-13(2,3)4)9-6-7-10(14)11(15)8-9/h6-8H,5H2,1-4H3. The van der Waals surface area contributed by atoms with Gasteiger partial charge in [-0.1, -0.05) is 0 Å². The molecule has 3 nitrogen and oxygen atoms in total. The minimum absolute atomic E-state index is 0.367. The first-order valence-corrected chi connectivity index (χ1v) is 6.49. The maximum atomic E-state index is 13.5. The van der Waals surface area contributed by atoms with Crippen LogP contribution < -0.4 is 4.90 Å². The lowest BCUT2D eigenvalue weighted by molar-refractivity contribution is 0.0582. The van der Waals surface area contributed by atoms with E-state index in [1.165, 1.54) is 11.0 Å². The van der Waals surface area contributed by atoms with Crippen LogP contribution in [0.5, 0.6) is 0 Å². The predicted molar refractivity (Wildman–Crippen MR) is 73.4 cm³/mol. The maximum Gasteiger partial charge on any atom is 0.414 e. The number of carbonyl (C=O) groups excluding carboxylic acids is 1. The molecule has 18 heavy (non-hydrogen) atoms. The third-order valence-electron chi connectivity index (χ3n) is 2.14. The van der Waals surface area contributed by atoms with Crippen molar-refractivity contribution < 1.29 is 13.9 Å². The minimum atomic E-state index is -0.571. The highest BCUT2D eigenvalue weighted by Crippen LogP contribution is 2.23.